The third kappa shape index (κ3) is 6.57. The number of nitrogens with two attached hydrogens (primary N) is 1. The highest BCUT2D eigenvalue weighted by molar-refractivity contribution is 4.99. The molecule has 2 N–H and O–H groups in total. The van der Waals surface area contributed by atoms with E-state index in [1.54, 1.807) is 21.3 Å². The van der Waals surface area contributed by atoms with E-state index < -0.39 is 0 Å². The molecule has 0 fully saturated rings. The van der Waals surface area contributed by atoms with Crippen molar-refractivity contribution in [3.63, 3.8) is 0 Å². The van der Waals surface area contributed by atoms with Crippen LogP contribution >= 0.6 is 0 Å². The molecule has 0 aliphatic carbocycles. The standard InChI is InChI=1S/C9H19NO3/c1-11-5-4-8(10)6-9(13-3)7-12-2/h6,8H,4-5,7,10H2,1-3H3/b9-6+. The van der Waals surface area contributed by atoms with Gasteiger partial charge in [0.1, 0.15) is 12.4 Å². The molecule has 1 unspecified atom stereocenters. The van der Waals surface area contributed by atoms with Gasteiger partial charge in [0.25, 0.3) is 0 Å². The molecule has 0 heterocycles. The van der Waals surface area contributed by atoms with Crippen LogP contribution in [-0.4, -0.2) is 40.6 Å². The molecule has 0 amide bonds. The normalized spacial score (nSPS) is 14.3. The number of ether oxygens (including phenoxy) is 3. The highest BCUT2D eigenvalue weighted by Gasteiger charge is 2.01. The fourth-order valence-corrected chi connectivity index (χ4v) is 0.893. The van der Waals surface area contributed by atoms with Gasteiger partial charge in [-0.25, -0.2) is 0 Å². The third-order valence-electron chi connectivity index (χ3n) is 1.60. The van der Waals surface area contributed by atoms with E-state index in [2.05, 4.69) is 0 Å². The van der Waals surface area contributed by atoms with Gasteiger partial charge in [-0.1, -0.05) is 0 Å². The molecule has 1 atom stereocenters. The first-order chi connectivity index (χ1) is 6.24. The molecule has 0 aromatic heterocycles. The minimum absolute atomic E-state index is 0.0370. The van der Waals surface area contributed by atoms with Crippen molar-refractivity contribution >= 4 is 0 Å². The Morgan fingerprint density at radius 2 is 2.00 bits per heavy atom. The summed E-state index contributed by atoms with van der Waals surface area (Å²) in [6.45, 7) is 1.11. The van der Waals surface area contributed by atoms with Crippen molar-refractivity contribution in [2.75, 3.05) is 34.5 Å². The zero-order chi connectivity index (χ0) is 10.1. The van der Waals surface area contributed by atoms with Crippen molar-refractivity contribution in [1.29, 1.82) is 0 Å². The molecule has 78 valence electrons. The maximum absolute atomic E-state index is 5.77. The van der Waals surface area contributed by atoms with E-state index in [-0.39, 0.29) is 6.04 Å². The lowest BCUT2D eigenvalue weighted by molar-refractivity contribution is 0.156. The first-order valence-corrected chi connectivity index (χ1v) is 4.22. The van der Waals surface area contributed by atoms with E-state index in [4.69, 9.17) is 19.9 Å². The van der Waals surface area contributed by atoms with Gasteiger partial charge in [0.05, 0.1) is 7.11 Å². The molecule has 13 heavy (non-hydrogen) atoms. The van der Waals surface area contributed by atoms with Crippen molar-refractivity contribution in [1.82, 2.24) is 0 Å². The molecule has 0 bridgehead atoms. The van der Waals surface area contributed by atoms with Crippen LogP contribution < -0.4 is 5.73 Å². The predicted molar refractivity (Wildman–Crippen MR) is 51.4 cm³/mol. The lowest BCUT2D eigenvalue weighted by Crippen LogP contribution is -2.20. The van der Waals surface area contributed by atoms with E-state index in [0.29, 0.717) is 13.2 Å². The predicted octanol–water partition coefficient (Wildman–Crippen LogP) is 0.527. The van der Waals surface area contributed by atoms with Gasteiger partial charge in [-0.05, 0) is 12.5 Å². The van der Waals surface area contributed by atoms with E-state index in [0.717, 1.165) is 12.2 Å². The molecule has 0 spiro atoms. The molecule has 0 aromatic rings. The van der Waals surface area contributed by atoms with Crippen LogP contribution in [0.1, 0.15) is 6.42 Å². The van der Waals surface area contributed by atoms with Crippen LogP contribution in [0.5, 0.6) is 0 Å². The fraction of sp³-hybridized carbons (Fsp3) is 0.778. The lowest BCUT2D eigenvalue weighted by Gasteiger charge is -2.09. The van der Waals surface area contributed by atoms with Crippen molar-refractivity contribution in [3.05, 3.63) is 11.8 Å². The number of methoxy groups -OCH3 is 3. The minimum Gasteiger partial charge on any atom is -0.499 e. The second-order valence-electron chi connectivity index (χ2n) is 2.72. The van der Waals surface area contributed by atoms with Crippen molar-refractivity contribution in [3.8, 4) is 0 Å². The quantitative estimate of drug-likeness (QED) is 0.593. The SMILES string of the molecule is COCCC(N)/C=C(\COC)OC. The molecule has 0 aliphatic heterocycles. The van der Waals surface area contributed by atoms with Crippen LogP contribution in [0, 0.1) is 0 Å². The summed E-state index contributed by atoms with van der Waals surface area (Å²) in [5.74, 6) is 0.756. The van der Waals surface area contributed by atoms with Crippen LogP contribution in [-0.2, 0) is 14.2 Å². The van der Waals surface area contributed by atoms with Gasteiger partial charge in [-0.15, -0.1) is 0 Å². The highest BCUT2D eigenvalue weighted by atomic mass is 16.5. The number of rotatable bonds is 7. The molecule has 0 aliphatic rings. The molecule has 4 nitrogen and oxygen atoms in total. The van der Waals surface area contributed by atoms with Crippen LogP contribution in [0.15, 0.2) is 11.8 Å². The Morgan fingerprint density at radius 3 is 2.46 bits per heavy atom. The van der Waals surface area contributed by atoms with Crippen LogP contribution in [0.4, 0.5) is 0 Å². The molecule has 4 heteroatoms. The van der Waals surface area contributed by atoms with E-state index in [1.807, 2.05) is 6.08 Å². The van der Waals surface area contributed by atoms with Crippen molar-refractivity contribution < 1.29 is 14.2 Å². The topological polar surface area (TPSA) is 53.7 Å². The Balaban J connectivity index is 3.84. The summed E-state index contributed by atoms with van der Waals surface area (Å²) in [6, 6.07) is -0.0370. The van der Waals surface area contributed by atoms with Gasteiger partial charge < -0.3 is 19.9 Å². The van der Waals surface area contributed by atoms with Crippen molar-refractivity contribution in [2.24, 2.45) is 5.73 Å². The van der Waals surface area contributed by atoms with Gasteiger partial charge >= 0.3 is 0 Å². The van der Waals surface area contributed by atoms with Crippen molar-refractivity contribution in [2.45, 2.75) is 12.5 Å². The van der Waals surface area contributed by atoms with Crippen LogP contribution in [0.2, 0.25) is 0 Å². The van der Waals surface area contributed by atoms with Gasteiger partial charge in [0.15, 0.2) is 0 Å². The second kappa shape index (κ2) is 8.04. The Hall–Kier alpha value is -0.580. The molecule has 0 rings (SSSR count). The lowest BCUT2D eigenvalue weighted by atomic mass is 10.2. The van der Waals surface area contributed by atoms with Crippen LogP contribution in [0.3, 0.4) is 0 Å². The fourth-order valence-electron chi connectivity index (χ4n) is 0.893. The molecule has 0 aromatic carbocycles. The number of hydrogen-bond donors (Lipinski definition) is 1. The highest BCUT2D eigenvalue weighted by Crippen LogP contribution is 2.00. The Morgan fingerprint density at radius 1 is 1.31 bits per heavy atom. The molecular weight excluding hydrogens is 170 g/mol. The van der Waals surface area contributed by atoms with E-state index in [1.165, 1.54) is 0 Å². The van der Waals surface area contributed by atoms with Crippen LogP contribution in [0.25, 0.3) is 0 Å². The monoisotopic (exact) mass is 189 g/mol. The Kier molecular flexibility index (Phi) is 7.68. The Bertz CT molecular complexity index is 148. The maximum Gasteiger partial charge on any atom is 0.119 e. The molecule has 0 radical (unpaired) electrons. The largest absolute Gasteiger partial charge is 0.499 e. The molecular formula is C9H19NO3. The zero-order valence-electron chi connectivity index (χ0n) is 8.58. The summed E-state index contributed by atoms with van der Waals surface area (Å²) < 4.78 is 14.9. The smallest absolute Gasteiger partial charge is 0.119 e. The summed E-state index contributed by atoms with van der Waals surface area (Å²) in [6.07, 6.45) is 2.63. The summed E-state index contributed by atoms with van der Waals surface area (Å²) in [5, 5.41) is 0. The van der Waals surface area contributed by atoms with Gasteiger partial charge in [-0.3, -0.25) is 0 Å². The van der Waals surface area contributed by atoms with Gasteiger partial charge in [-0.2, -0.15) is 0 Å². The first kappa shape index (κ1) is 12.4. The first-order valence-electron chi connectivity index (χ1n) is 4.22. The molecule has 0 saturated carbocycles. The summed E-state index contributed by atoms with van der Waals surface area (Å²) >= 11 is 0. The third-order valence-corrected chi connectivity index (χ3v) is 1.60. The number of hydrogen-bond acceptors (Lipinski definition) is 4. The average molecular weight is 189 g/mol. The van der Waals surface area contributed by atoms with E-state index in [9.17, 15) is 0 Å². The van der Waals surface area contributed by atoms with Gasteiger partial charge in [0, 0.05) is 26.9 Å². The second-order valence-corrected chi connectivity index (χ2v) is 2.72. The summed E-state index contributed by atoms with van der Waals surface area (Å²) in [7, 11) is 4.88. The van der Waals surface area contributed by atoms with Gasteiger partial charge in [0.2, 0.25) is 0 Å². The zero-order valence-corrected chi connectivity index (χ0v) is 8.58. The minimum atomic E-state index is -0.0370. The summed E-state index contributed by atoms with van der Waals surface area (Å²) in [4.78, 5) is 0. The van der Waals surface area contributed by atoms with E-state index >= 15 is 0 Å². The average Bonchev–Trinajstić information content (AvgIpc) is 2.14. The maximum atomic E-state index is 5.77. The Labute approximate surface area is 79.6 Å². The molecule has 0 saturated heterocycles. The summed E-state index contributed by atoms with van der Waals surface area (Å²) in [5.41, 5.74) is 5.77.